The van der Waals surface area contributed by atoms with E-state index in [1.165, 1.54) is 13.2 Å². The second-order valence-corrected chi connectivity index (χ2v) is 6.26. The summed E-state index contributed by atoms with van der Waals surface area (Å²) in [6, 6.07) is 18.7. The third-order valence-corrected chi connectivity index (χ3v) is 4.53. The minimum absolute atomic E-state index is 0.0813. The van der Waals surface area contributed by atoms with Crippen molar-refractivity contribution >= 4 is 17.0 Å². The summed E-state index contributed by atoms with van der Waals surface area (Å²) < 4.78 is 46.1. The largest absolute Gasteiger partial charge is 0.495 e. The van der Waals surface area contributed by atoms with Crippen molar-refractivity contribution in [2.45, 2.75) is 6.18 Å². The van der Waals surface area contributed by atoms with Crippen LogP contribution in [-0.4, -0.2) is 16.7 Å². The van der Waals surface area contributed by atoms with Crippen molar-refractivity contribution in [2.24, 2.45) is 0 Å². The highest BCUT2D eigenvalue weighted by Gasteiger charge is 2.31. The van der Waals surface area contributed by atoms with Crippen LogP contribution < -0.4 is 10.5 Å². The van der Waals surface area contributed by atoms with Crippen molar-refractivity contribution in [3.05, 3.63) is 72.3 Å². The Labute approximate surface area is 159 Å². The summed E-state index contributed by atoms with van der Waals surface area (Å²) in [7, 11) is 1.53. The molecule has 0 radical (unpaired) electrons. The number of rotatable bonds is 3. The van der Waals surface area contributed by atoms with Crippen LogP contribution in [0.1, 0.15) is 5.56 Å². The van der Waals surface area contributed by atoms with Gasteiger partial charge in [0.05, 0.1) is 29.4 Å². The van der Waals surface area contributed by atoms with E-state index in [2.05, 4.69) is 4.98 Å². The Morgan fingerprint density at radius 3 is 2.36 bits per heavy atom. The molecule has 0 aliphatic heterocycles. The van der Waals surface area contributed by atoms with Crippen LogP contribution >= 0.6 is 0 Å². The molecule has 1 aromatic heterocycles. The van der Waals surface area contributed by atoms with Crippen LogP contribution in [0.2, 0.25) is 0 Å². The highest BCUT2D eigenvalue weighted by Crippen LogP contribution is 2.36. The molecule has 0 saturated heterocycles. The topological polar surface area (TPSA) is 53.1 Å². The molecular weight excluding hydrogens is 367 g/mol. The summed E-state index contributed by atoms with van der Waals surface area (Å²) in [5.74, 6) is 0.614. The van der Waals surface area contributed by atoms with Crippen LogP contribution in [-0.2, 0) is 6.18 Å². The van der Waals surface area contributed by atoms with Crippen LogP contribution in [0.25, 0.3) is 27.8 Å². The number of hydrogen-bond acceptors (Lipinski definition) is 3. The first kappa shape index (κ1) is 17.9. The molecule has 0 unspecified atom stereocenters. The van der Waals surface area contributed by atoms with Crippen molar-refractivity contribution < 1.29 is 17.9 Å². The fourth-order valence-electron chi connectivity index (χ4n) is 3.20. The highest BCUT2D eigenvalue weighted by atomic mass is 19.4. The van der Waals surface area contributed by atoms with Gasteiger partial charge in [0.15, 0.2) is 0 Å². The van der Waals surface area contributed by atoms with E-state index < -0.39 is 11.7 Å². The van der Waals surface area contributed by atoms with Gasteiger partial charge in [-0.05, 0) is 41.5 Å². The smallest absolute Gasteiger partial charge is 0.416 e. The summed E-state index contributed by atoms with van der Waals surface area (Å²) in [6.45, 7) is 0. The number of aromatic nitrogens is 2. The number of nitrogens with zero attached hydrogens (tertiary/aromatic N) is 2. The average molecular weight is 383 g/mol. The van der Waals surface area contributed by atoms with Crippen LogP contribution in [0, 0.1) is 0 Å². The molecule has 7 heteroatoms. The lowest BCUT2D eigenvalue weighted by atomic mass is 10.0. The normalized spacial score (nSPS) is 11.7. The first-order chi connectivity index (χ1) is 13.4. The molecule has 0 aliphatic rings. The maximum atomic E-state index is 13.0. The average Bonchev–Trinajstić information content (AvgIpc) is 3.02. The fourth-order valence-corrected chi connectivity index (χ4v) is 3.20. The minimum atomic E-state index is -4.45. The van der Waals surface area contributed by atoms with Gasteiger partial charge in [-0.2, -0.15) is 13.2 Å². The van der Waals surface area contributed by atoms with E-state index in [0.717, 1.165) is 23.3 Å². The third-order valence-electron chi connectivity index (χ3n) is 4.53. The predicted molar refractivity (Wildman–Crippen MR) is 102 cm³/mol. The Morgan fingerprint density at radius 1 is 0.929 bits per heavy atom. The monoisotopic (exact) mass is 383 g/mol. The Hall–Kier alpha value is -3.48. The van der Waals surface area contributed by atoms with Gasteiger partial charge in [-0.3, -0.25) is 4.57 Å². The van der Waals surface area contributed by atoms with Gasteiger partial charge in [0.2, 0.25) is 5.95 Å². The molecule has 0 amide bonds. The minimum Gasteiger partial charge on any atom is -0.495 e. The number of methoxy groups -OCH3 is 1. The quantitative estimate of drug-likeness (QED) is 0.522. The molecule has 2 N–H and O–H groups in total. The predicted octanol–water partition coefficient (Wildman–Crippen LogP) is 5.30. The van der Waals surface area contributed by atoms with E-state index in [0.29, 0.717) is 17.0 Å². The molecule has 0 atom stereocenters. The van der Waals surface area contributed by atoms with Crippen LogP contribution in [0.3, 0.4) is 0 Å². The summed E-state index contributed by atoms with van der Waals surface area (Å²) in [5, 5.41) is 0. The SMILES string of the molecule is COc1ccc(-c2ccccc2)cc1-n1c(N)nc2cc(C(F)(F)F)ccc21. The summed E-state index contributed by atoms with van der Waals surface area (Å²) in [6.07, 6.45) is -4.45. The highest BCUT2D eigenvalue weighted by molar-refractivity contribution is 5.83. The van der Waals surface area contributed by atoms with E-state index in [-0.39, 0.29) is 11.5 Å². The zero-order chi connectivity index (χ0) is 19.9. The molecule has 0 aliphatic carbocycles. The molecule has 3 aromatic carbocycles. The van der Waals surface area contributed by atoms with Crippen molar-refractivity contribution in [2.75, 3.05) is 12.8 Å². The van der Waals surface area contributed by atoms with Gasteiger partial charge in [-0.1, -0.05) is 36.4 Å². The number of halogens is 3. The zero-order valence-corrected chi connectivity index (χ0v) is 14.9. The van der Waals surface area contributed by atoms with E-state index in [9.17, 15) is 13.2 Å². The van der Waals surface area contributed by atoms with E-state index in [4.69, 9.17) is 10.5 Å². The molecule has 4 nitrogen and oxygen atoms in total. The van der Waals surface area contributed by atoms with Gasteiger partial charge in [-0.25, -0.2) is 4.98 Å². The van der Waals surface area contributed by atoms with Crippen LogP contribution in [0.4, 0.5) is 19.1 Å². The maximum absolute atomic E-state index is 13.0. The number of benzene rings is 3. The molecule has 0 saturated carbocycles. The number of nitrogens with two attached hydrogens (primary N) is 1. The van der Waals surface area contributed by atoms with Gasteiger partial charge >= 0.3 is 6.18 Å². The molecule has 0 bridgehead atoms. The van der Waals surface area contributed by atoms with Crippen LogP contribution in [0.5, 0.6) is 5.75 Å². The molecule has 28 heavy (non-hydrogen) atoms. The van der Waals surface area contributed by atoms with Gasteiger partial charge in [0, 0.05) is 0 Å². The van der Waals surface area contributed by atoms with Crippen LogP contribution in [0.15, 0.2) is 66.7 Å². The second kappa shape index (κ2) is 6.60. The molecule has 4 aromatic rings. The Balaban J connectivity index is 1.93. The van der Waals surface area contributed by atoms with Crippen molar-refractivity contribution in [3.63, 3.8) is 0 Å². The third kappa shape index (κ3) is 3.05. The molecular formula is C21H16F3N3O. The standard InChI is InChI=1S/C21H16F3N3O/c1-28-19-10-7-14(13-5-3-2-4-6-13)11-18(19)27-17-9-8-15(21(22,23)24)12-16(17)26-20(27)25/h2-12H,1H3,(H2,25,26). The van der Waals surface area contributed by atoms with E-state index in [1.807, 2.05) is 42.5 Å². The number of fused-ring (bicyclic) bond motifs is 1. The summed E-state index contributed by atoms with van der Waals surface area (Å²) in [5.41, 5.74) is 8.45. The number of anilines is 1. The van der Waals surface area contributed by atoms with E-state index in [1.54, 1.807) is 10.6 Å². The first-order valence-electron chi connectivity index (χ1n) is 8.47. The maximum Gasteiger partial charge on any atom is 0.416 e. The van der Waals surface area contributed by atoms with Crippen molar-refractivity contribution in [3.8, 4) is 22.6 Å². The van der Waals surface area contributed by atoms with Crippen molar-refractivity contribution in [1.29, 1.82) is 0 Å². The Bertz CT molecular complexity index is 1150. The van der Waals surface area contributed by atoms with Crippen molar-refractivity contribution in [1.82, 2.24) is 9.55 Å². The first-order valence-corrected chi connectivity index (χ1v) is 8.47. The molecule has 4 rings (SSSR count). The number of nitrogen functional groups attached to an aromatic ring is 1. The molecule has 0 spiro atoms. The van der Waals surface area contributed by atoms with Gasteiger partial charge in [0.1, 0.15) is 5.75 Å². The Kier molecular flexibility index (Phi) is 4.22. The number of hydrogen-bond donors (Lipinski definition) is 1. The van der Waals surface area contributed by atoms with E-state index >= 15 is 0 Å². The molecule has 142 valence electrons. The summed E-state index contributed by atoms with van der Waals surface area (Å²) in [4.78, 5) is 4.13. The summed E-state index contributed by atoms with van der Waals surface area (Å²) >= 11 is 0. The lowest BCUT2D eigenvalue weighted by Crippen LogP contribution is -2.05. The Morgan fingerprint density at radius 2 is 1.68 bits per heavy atom. The number of alkyl halides is 3. The second-order valence-electron chi connectivity index (χ2n) is 6.26. The molecule has 0 fully saturated rings. The molecule has 1 heterocycles. The number of ether oxygens (including phenoxy) is 1. The lowest BCUT2D eigenvalue weighted by molar-refractivity contribution is -0.137. The lowest BCUT2D eigenvalue weighted by Gasteiger charge is -2.14. The van der Waals surface area contributed by atoms with Gasteiger partial charge in [-0.15, -0.1) is 0 Å². The number of imidazole rings is 1. The fraction of sp³-hybridized carbons (Fsp3) is 0.0952. The zero-order valence-electron chi connectivity index (χ0n) is 14.9. The van der Waals surface area contributed by atoms with Gasteiger partial charge < -0.3 is 10.5 Å². The van der Waals surface area contributed by atoms with Gasteiger partial charge in [0.25, 0.3) is 0 Å².